The third-order valence-corrected chi connectivity index (χ3v) is 6.22. The van der Waals surface area contributed by atoms with Crippen LogP contribution in [0.1, 0.15) is 29.2 Å². The largest absolute Gasteiger partial charge is 0.490 e. The molecule has 3 aromatic carbocycles. The zero-order chi connectivity index (χ0) is 27.2. The molecule has 0 saturated carbocycles. The SMILES string of the molecule is C=CCc1cc(/C=C2\C(=O)NC(=O)N(c3ccc(C)cc3)C2=O)cc(OCC)c1OCc1ccccc1Cl. The Kier molecular flexibility index (Phi) is 8.28. The molecule has 0 spiro atoms. The van der Waals surface area contributed by atoms with Crippen LogP contribution in [0.5, 0.6) is 11.5 Å². The van der Waals surface area contributed by atoms with Gasteiger partial charge in [0.1, 0.15) is 12.2 Å². The third kappa shape index (κ3) is 5.79. The lowest BCUT2D eigenvalue weighted by molar-refractivity contribution is -0.122. The van der Waals surface area contributed by atoms with E-state index < -0.39 is 17.8 Å². The van der Waals surface area contributed by atoms with Crippen LogP contribution in [0.2, 0.25) is 5.02 Å². The van der Waals surface area contributed by atoms with E-state index in [0.717, 1.165) is 21.6 Å². The first-order valence-corrected chi connectivity index (χ1v) is 12.4. The number of allylic oxidation sites excluding steroid dienone is 1. The summed E-state index contributed by atoms with van der Waals surface area (Å²) < 4.78 is 12.0. The molecule has 38 heavy (non-hydrogen) atoms. The number of halogens is 1. The lowest BCUT2D eigenvalue weighted by Gasteiger charge is -2.26. The number of ether oxygens (including phenoxy) is 2. The smallest absolute Gasteiger partial charge is 0.335 e. The van der Waals surface area contributed by atoms with Crippen LogP contribution in [0.4, 0.5) is 10.5 Å². The molecule has 4 rings (SSSR count). The van der Waals surface area contributed by atoms with E-state index in [-0.39, 0.29) is 12.2 Å². The second-order valence-electron chi connectivity index (χ2n) is 8.61. The van der Waals surface area contributed by atoms with Crippen LogP contribution in [-0.2, 0) is 22.6 Å². The summed E-state index contributed by atoms with van der Waals surface area (Å²) in [5.74, 6) is -0.527. The lowest BCUT2D eigenvalue weighted by atomic mass is 10.0. The third-order valence-electron chi connectivity index (χ3n) is 5.85. The van der Waals surface area contributed by atoms with E-state index in [1.54, 1.807) is 48.5 Å². The number of nitrogens with zero attached hydrogens (tertiary/aromatic N) is 1. The molecule has 194 valence electrons. The van der Waals surface area contributed by atoms with Gasteiger partial charge in [-0.25, -0.2) is 9.69 Å². The molecule has 1 N–H and O–H groups in total. The second-order valence-corrected chi connectivity index (χ2v) is 9.01. The molecular weight excluding hydrogens is 504 g/mol. The first-order valence-electron chi connectivity index (χ1n) is 12.1. The quantitative estimate of drug-likeness (QED) is 0.208. The number of hydrogen-bond donors (Lipinski definition) is 1. The Labute approximate surface area is 226 Å². The maximum atomic E-state index is 13.3. The maximum absolute atomic E-state index is 13.3. The minimum Gasteiger partial charge on any atom is -0.490 e. The van der Waals surface area contributed by atoms with E-state index in [1.165, 1.54) is 6.08 Å². The van der Waals surface area contributed by atoms with Crippen LogP contribution in [0, 0.1) is 6.92 Å². The van der Waals surface area contributed by atoms with E-state index in [2.05, 4.69) is 11.9 Å². The fourth-order valence-corrected chi connectivity index (χ4v) is 4.21. The standard InChI is InChI=1S/C30H27ClN2O5/c1-4-8-21-15-20(17-26(37-5-2)27(21)38-18-22-9-6-7-10-25(22)31)16-24-28(34)32-30(36)33(29(24)35)23-13-11-19(3)12-14-23/h4,6-7,9-17H,1,5,8,18H2,2-3H3,(H,32,34,36)/b24-16+. The molecule has 7 nitrogen and oxygen atoms in total. The van der Waals surface area contributed by atoms with Crippen molar-refractivity contribution >= 4 is 41.2 Å². The molecule has 1 aliphatic heterocycles. The highest BCUT2D eigenvalue weighted by molar-refractivity contribution is 6.39. The van der Waals surface area contributed by atoms with Gasteiger partial charge in [0.2, 0.25) is 0 Å². The molecule has 8 heteroatoms. The predicted molar refractivity (Wildman–Crippen MR) is 147 cm³/mol. The van der Waals surface area contributed by atoms with Gasteiger partial charge in [-0.15, -0.1) is 6.58 Å². The Hall–Kier alpha value is -4.36. The summed E-state index contributed by atoms with van der Waals surface area (Å²) in [5.41, 5.74) is 3.26. The molecular formula is C30H27ClN2O5. The van der Waals surface area contributed by atoms with Crippen LogP contribution in [-0.4, -0.2) is 24.5 Å². The van der Waals surface area contributed by atoms with E-state index in [1.807, 2.05) is 32.0 Å². The molecule has 4 amide bonds. The van der Waals surface area contributed by atoms with Gasteiger partial charge in [-0.2, -0.15) is 0 Å². The maximum Gasteiger partial charge on any atom is 0.335 e. The van der Waals surface area contributed by atoms with Crippen molar-refractivity contribution in [2.24, 2.45) is 0 Å². The summed E-state index contributed by atoms with van der Waals surface area (Å²) in [6.07, 6.45) is 3.61. The van der Waals surface area contributed by atoms with Crippen LogP contribution in [0.15, 0.2) is 78.9 Å². The van der Waals surface area contributed by atoms with Crippen molar-refractivity contribution in [3.63, 3.8) is 0 Å². The van der Waals surface area contributed by atoms with Gasteiger partial charge in [-0.05, 0) is 62.2 Å². The number of carbonyl (C=O) groups is 3. The summed E-state index contributed by atoms with van der Waals surface area (Å²) in [5, 5.41) is 2.84. The number of anilines is 1. The van der Waals surface area contributed by atoms with Gasteiger partial charge in [-0.3, -0.25) is 14.9 Å². The van der Waals surface area contributed by atoms with Gasteiger partial charge in [0.15, 0.2) is 11.5 Å². The van der Waals surface area contributed by atoms with Gasteiger partial charge in [-0.1, -0.05) is 53.6 Å². The number of aryl methyl sites for hydroxylation is 1. The van der Waals surface area contributed by atoms with E-state index in [9.17, 15) is 14.4 Å². The Balaban J connectivity index is 1.72. The molecule has 0 unspecified atom stereocenters. The topological polar surface area (TPSA) is 84.9 Å². The summed E-state index contributed by atoms with van der Waals surface area (Å²) >= 11 is 6.29. The Morgan fingerprint density at radius 3 is 2.42 bits per heavy atom. The van der Waals surface area contributed by atoms with E-state index in [4.69, 9.17) is 21.1 Å². The molecule has 0 aliphatic carbocycles. The van der Waals surface area contributed by atoms with Crippen molar-refractivity contribution in [2.45, 2.75) is 26.9 Å². The normalized spacial score (nSPS) is 14.4. The average molecular weight is 531 g/mol. The van der Waals surface area contributed by atoms with Gasteiger partial charge in [0.25, 0.3) is 11.8 Å². The summed E-state index contributed by atoms with van der Waals surface area (Å²) in [6, 6.07) is 17.0. The summed E-state index contributed by atoms with van der Waals surface area (Å²) in [6.45, 7) is 8.17. The van der Waals surface area contributed by atoms with Crippen molar-refractivity contribution in [3.05, 3.63) is 106 Å². The number of amides is 4. The Morgan fingerprint density at radius 2 is 1.74 bits per heavy atom. The minimum absolute atomic E-state index is 0.179. The monoisotopic (exact) mass is 530 g/mol. The van der Waals surface area contributed by atoms with Crippen molar-refractivity contribution in [2.75, 3.05) is 11.5 Å². The first kappa shape index (κ1) is 26.7. The second kappa shape index (κ2) is 11.8. The van der Waals surface area contributed by atoms with Crippen molar-refractivity contribution in [3.8, 4) is 11.5 Å². The highest BCUT2D eigenvalue weighted by Crippen LogP contribution is 2.36. The summed E-state index contributed by atoms with van der Waals surface area (Å²) in [7, 11) is 0. The van der Waals surface area contributed by atoms with E-state index >= 15 is 0 Å². The highest BCUT2D eigenvalue weighted by Gasteiger charge is 2.36. The molecule has 1 saturated heterocycles. The fourth-order valence-electron chi connectivity index (χ4n) is 4.02. The Bertz CT molecular complexity index is 1430. The predicted octanol–water partition coefficient (Wildman–Crippen LogP) is 6.02. The number of hydrogen-bond acceptors (Lipinski definition) is 5. The van der Waals surface area contributed by atoms with Gasteiger partial charge >= 0.3 is 6.03 Å². The zero-order valence-corrected chi connectivity index (χ0v) is 21.9. The van der Waals surface area contributed by atoms with Crippen molar-refractivity contribution < 1.29 is 23.9 Å². The Morgan fingerprint density at radius 1 is 1.00 bits per heavy atom. The molecule has 0 atom stereocenters. The molecule has 1 fully saturated rings. The van der Waals surface area contributed by atoms with Gasteiger partial charge in [0.05, 0.1) is 12.3 Å². The van der Waals surface area contributed by atoms with Crippen LogP contribution < -0.4 is 19.7 Å². The van der Waals surface area contributed by atoms with Crippen LogP contribution in [0.3, 0.4) is 0 Å². The molecule has 1 heterocycles. The fraction of sp³-hybridized carbons (Fsp3) is 0.167. The number of rotatable bonds is 9. The minimum atomic E-state index is -0.799. The molecule has 0 bridgehead atoms. The molecule has 3 aromatic rings. The van der Waals surface area contributed by atoms with Crippen LogP contribution >= 0.6 is 11.6 Å². The van der Waals surface area contributed by atoms with Gasteiger partial charge < -0.3 is 9.47 Å². The van der Waals surface area contributed by atoms with Crippen molar-refractivity contribution in [1.82, 2.24) is 5.32 Å². The number of urea groups is 1. The number of nitrogens with one attached hydrogen (secondary N) is 1. The van der Waals surface area contributed by atoms with Crippen molar-refractivity contribution in [1.29, 1.82) is 0 Å². The van der Waals surface area contributed by atoms with Crippen LogP contribution in [0.25, 0.3) is 6.08 Å². The molecule has 1 aliphatic rings. The van der Waals surface area contributed by atoms with E-state index in [0.29, 0.717) is 40.8 Å². The number of carbonyl (C=O) groups excluding carboxylic acids is 3. The number of benzene rings is 3. The number of barbiturate groups is 1. The highest BCUT2D eigenvalue weighted by atomic mass is 35.5. The molecule has 0 radical (unpaired) electrons. The lowest BCUT2D eigenvalue weighted by Crippen LogP contribution is -2.54. The average Bonchev–Trinajstić information content (AvgIpc) is 2.88. The summed E-state index contributed by atoms with van der Waals surface area (Å²) in [4.78, 5) is 39.5. The van der Waals surface area contributed by atoms with Gasteiger partial charge in [0, 0.05) is 16.1 Å². The first-order chi connectivity index (χ1) is 18.3. The zero-order valence-electron chi connectivity index (χ0n) is 21.1. The molecule has 0 aromatic heterocycles. The number of imide groups is 2.